The molecule has 1 atom stereocenters. The smallest absolute Gasteiger partial charge is 0.313 e. The van der Waals surface area contributed by atoms with Crippen LogP contribution in [0.5, 0.6) is 0 Å². The Bertz CT molecular complexity index is 412. The highest BCUT2D eigenvalue weighted by molar-refractivity contribution is 6.36. The lowest BCUT2D eigenvalue weighted by Crippen LogP contribution is -2.37. The average molecular weight is 276 g/mol. The molecular formula is C12H15Cl2NO2. The third-order valence-electron chi connectivity index (χ3n) is 2.80. The maximum absolute atomic E-state index is 11.7. The Morgan fingerprint density at radius 3 is 2.24 bits per heavy atom. The number of carbonyl (C=O) groups is 1. The van der Waals surface area contributed by atoms with Gasteiger partial charge in [0.05, 0.1) is 12.5 Å². The Kier molecular flexibility index (Phi) is 4.42. The van der Waals surface area contributed by atoms with Gasteiger partial charge in [0, 0.05) is 21.7 Å². The van der Waals surface area contributed by atoms with E-state index < -0.39 is 17.4 Å². The fourth-order valence-corrected chi connectivity index (χ4v) is 2.19. The van der Waals surface area contributed by atoms with Crippen LogP contribution in [0.4, 0.5) is 0 Å². The zero-order chi connectivity index (χ0) is 13.2. The van der Waals surface area contributed by atoms with Gasteiger partial charge in [0.1, 0.15) is 0 Å². The first-order valence-corrected chi connectivity index (χ1v) is 5.86. The molecule has 0 heterocycles. The molecule has 0 radical (unpaired) electrons. The lowest BCUT2D eigenvalue weighted by Gasteiger charge is -2.30. The monoisotopic (exact) mass is 275 g/mol. The summed E-state index contributed by atoms with van der Waals surface area (Å²) in [6.07, 6.45) is 0. The molecule has 0 saturated carbocycles. The van der Waals surface area contributed by atoms with Gasteiger partial charge in [-0.3, -0.25) is 4.79 Å². The molecule has 0 spiro atoms. The van der Waals surface area contributed by atoms with Gasteiger partial charge in [-0.1, -0.05) is 29.3 Å². The largest absolute Gasteiger partial charge is 0.469 e. The molecule has 17 heavy (non-hydrogen) atoms. The van der Waals surface area contributed by atoms with E-state index in [9.17, 15) is 4.79 Å². The van der Waals surface area contributed by atoms with Gasteiger partial charge in [-0.25, -0.2) is 0 Å². The van der Waals surface area contributed by atoms with Crippen LogP contribution in [-0.2, 0) is 9.53 Å². The van der Waals surface area contributed by atoms with Crippen LogP contribution in [0.15, 0.2) is 18.2 Å². The summed E-state index contributed by atoms with van der Waals surface area (Å²) in [4.78, 5) is 11.7. The van der Waals surface area contributed by atoms with Gasteiger partial charge < -0.3 is 10.5 Å². The second-order valence-electron chi connectivity index (χ2n) is 4.33. The fourth-order valence-electron chi connectivity index (χ4n) is 1.56. The Morgan fingerprint density at radius 1 is 1.35 bits per heavy atom. The number of carbonyl (C=O) groups excluding carboxylic acids is 1. The van der Waals surface area contributed by atoms with E-state index in [1.54, 1.807) is 32.0 Å². The number of ether oxygens (including phenoxy) is 1. The van der Waals surface area contributed by atoms with E-state index in [4.69, 9.17) is 33.7 Å². The van der Waals surface area contributed by atoms with Gasteiger partial charge in [0.25, 0.3) is 0 Å². The molecule has 0 aliphatic rings. The van der Waals surface area contributed by atoms with Crippen molar-refractivity contribution in [3.05, 3.63) is 33.8 Å². The Labute approximate surface area is 111 Å². The SMILES string of the molecule is COC(=O)C(C)(C)[C@@H](N)c1c(Cl)cccc1Cl. The van der Waals surface area contributed by atoms with Crippen LogP contribution >= 0.6 is 23.2 Å². The second-order valence-corrected chi connectivity index (χ2v) is 5.14. The van der Waals surface area contributed by atoms with Gasteiger partial charge >= 0.3 is 5.97 Å². The molecule has 0 aliphatic heterocycles. The molecule has 5 heteroatoms. The zero-order valence-corrected chi connectivity index (χ0v) is 11.5. The first-order chi connectivity index (χ1) is 7.82. The van der Waals surface area contributed by atoms with Crippen molar-refractivity contribution in [3.63, 3.8) is 0 Å². The molecule has 0 fully saturated rings. The van der Waals surface area contributed by atoms with E-state index in [1.807, 2.05) is 0 Å². The van der Waals surface area contributed by atoms with Crippen molar-refractivity contribution in [2.45, 2.75) is 19.9 Å². The molecule has 0 saturated heterocycles. The molecule has 94 valence electrons. The summed E-state index contributed by atoms with van der Waals surface area (Å²) in [5.74, 6) is -0.402. The standard InChI is InChI=1S/C12H15Cl2NO2/c1-12(2,11(16)17-3)10(15)9-7(13)5-4-6-8(9)14/h4-6,10H,15H2,1-3H3/t10-/m0/s1. The summed E-state index contributed by atoms with van der Waals surface area (Å²) in [5, 5.41) is 0.893. The third kappa shape index (κ3) is 2.73. The summed E-state index contributed by atoms with van der Waals surface area (Å²) in [5.41, 5.74) is 5.74. The predicted octanol–water partition coefficient (Wildman–Crippen LogP) is 3.19. The van der Waals surface area contributed by atoms with E-state index in [0.29, 0.717) is 15.6 Å². The van der Waals surface area contributed by atoms with Crippen LogP contribution in [0.25, 0.3) is 0 Å². The molecule has 3 nitrogen and oxygen atoms in total. The van der Waals surface area contributed by atoms with E-state index in [1.165, 1.54) is 7.11 Å². The van der Waals surface area contributed by atoms with Gasteiger partial charge in [-0.2, -0.15) is 0 Å². The van der Waals surface area contributed by atoms with E-state index in [0.717, 1.165) is 0 Å². The fraction of sp³-hybridized carbons (Fsp3) is 0.417. The van der Waals surface area contributed by atoms with Crippen molar-refractivity contribution >= 4 is 29.2 Å². The van der Waals surface area contributed by atoms with Crippen LogP contribution in [-0.4, -0.2) is 13.1 Å². The minimum absolute atomic E-state index is 0.402. The van der Waals surface area contributed by atoms with Crippen molar-refractivity contribution in [1.29, 1.82) is 0 Å². The Hall–Kier alpha value is -0.770. The predicted molar refractivity (Wildman–Crippen MR) is 69.2 cm³/mol. The van der Waals surface area contributed by atoms with Crippen molar-refractivity contribution in [1.82, 2.24) is 0 Å². The molecule has 0 unspecified atom stereocenters. The van der Waals surface area contributed by atoms with Crippen LogP contribution in [0, 0.1) is 5.41 Å². The van der Waals surface area contributed by atoms with Crippen molar-refractivity contribution < 1.29 is 9.53 Å². The second kappa shape index (κ2) is 5.25. The minimum atomic E-state index is -0.899. The third-order valence-corrected chi connectivity index (χ3v) is 3.46. The number of hydrogen-bond acceptors (Lipinski definition) is 3. The lowest BCUT2D eigenvalue weighted by atomic mass is 9.81. The highest BCUT2D eigenvalue weighted by atomic mass is 35.5. The number of methoxy groups -OCH3 is 1. The Morgan fingerprint density at radius 2 is 1.82 bits per heavy atom. The van der Waals surface area contributed by atoms with Crippen LogP contribution in [0.2, 0.25) is 10.0 Å². The normalized spacial score (nSPS) is 13.3. The molecule has 1 aromatic carbocycles. The van der Waals surface area contributed by atoms with Gasteiger partial charge in [0.2, 0.25) is 0 Å². The molecule has 1 aromatic rings. The molecule has 0 aromatic heterocycles. The summed E-state index contributed by atoms with van der Waals surface area (Å²) >= 11 is 12.1. The van der Waals surface area contributed by atoms with Crippen molar-refractivity contribution in [3.8, 4) is 0 Å². The van der Waals surface area contributed by atoms with E-state index in [-0.39, 0.29) is 0 Å². The summed E-state index contributed by atoms with van der Waals surface area (Å²) in [7, 11) is 1.32. The zero-order valence-electron chi connectivity index (χ0n) is 9.96. The van der Waals surface area contributed by atoms with Crippen LogP contribution in [0.3, 0.4) is 0 Å². The molecule has 0 bridgehead atoms. The number of halogens is 2. The first-order valence-electron chi connectivity index (χ1n) is 5.10. The van der Waals surface area contributed by atoms with Crippen LogP contribution in [0.1, 0.15) is 25.5 Å². The summed E-state index contributed by atoms with van der Waals surface area (Å²) in [6, 6.07) is 4.48. The van der Waals surface area contributed by atoms with Crippen LogP contribution < -0.4 is 5.73 Å². The molecule has 1 rings (SSSR count). The van der Waals surface area contributed by atoms with Gasteiger partial charge in [-0.15, -0.1) is 0 Å². The summed E-state index contributed by atoms with van der Waals surface area (Å²) < 4.78 is 4.73. The number of benzene rings is 1. The number of hydrogen-bond donors (Lipinski definition) is 1. The number of rotatable bonds is 3. The Balaban J connectivity index is 3.21. The molecule has 2 N–H and O–H groups in total. The first kappa shape index (κ1) is 14.3. The van der Waals surface area contributed by atoms with E-state index in [2.05, 4.69) is 0 Å². The molecule has 0 aliphatic carbocycles. The average Bonchev–Trinajstić information content (AvgIpc) is 2.27. The topological polar surface area (TPSA) is 52.3 Å². The maximum Gasteiger partial charge on any atom is 0.313 e. The lowest BCUT2D eigenvalue weighted by molar-refractivity contribution is -0.152. The highest BCUT2D eigenvalue weighted by Gasteiger charge is 2.38. The van der Waals surface area contributed by atoms with E-state index >= 15 is 0 Å². The van der Waals surface area contributed by atoms with Crippen molar-refractivity contribution in [2.24, 2.45) is 11.1 Å². The maximum atomic E-state index is 11.7. The van der Waals surface area contributed by atoms with Gasteiger partial charge in [-0.05, 0) is 26.0 Å². The highest BCUT2D eigenvalue weighted by Crippen LogP contribution is 2.39. The quantitative estimate of drug-likeness (QED) is 0.862. The number of esters is 1. The number of nitrogens with two attached hydrogens (primary N) is 1. The van der Waals surface area contributed by atoms with Gasteiger partial charge in [0.15, 0.2) is 0 Å². The van der Waals surface area contributed by atoms with Crippen molar-refractivity contribution in [2.75, 3.05) is 7.11 Å². The minimum Gasteiger partial charge on any atom is -0.469 e. The molecule has 0 amide bonds. The molecular weight excluding hydrogens is 261 g/mol. The summed E-state index contributed by atoms with van der Waals surface area (Å²) in [6.45, 7) is 3.40.